The van der Waals surface area contributed by atoms with Crippen molar-refractivity contribution >= 4 is 22.6 Å². The Morgan fingerprint density at radius 2 is 2.11 bits per heavy atom. The minimum Gasteiger partial charge on any atom is -0.327 e. The van der Waals surface area contributed by atoms with Gasteiger partial charge < -0.3 is 4.57 Å². The summed E-state index contributed by atoms with van der Waals surface area (Å²) in [6.07, 6.45) is 11.9. The molecule has 0 N–H and O–H groups in total. The van der Waals surface area contributed by atoms with Crippen molar-refractivity contribution in [2.24, 2.45) is 5.92 Å². The van der Waals surface area contributed by atoms with Gasteiger partial charge in [-0.1, -0.05) is 32.1 Å². The summed E-state index contributed by atoms with van der Waals surface area (Å²) in [6.45, 7) is 1.03. The molecule has 3 nitrogen and oxygen atoms in total. The van der Waals surface area contributed by atoms with Gasteiger partial charge in [-0.25, -0.2) is 4.98 Å². The molecule has 19 heavy (non-hydrogen) atoms. The van der Waals surface area contributed by atoms with Crippen LogP contribution in [0.3, 0.4) is 0 Å². The number of aromatic nitrogens is 3. The van der Waals surface area contributed by atoms with Gasteiger partial charge in [0.15, 0.2) is 0 Å². The number of rotatable bonds is 4. The van der Waals surface area contributed by atoms with E-state index >= 15 is 0 Å². The summed E-state index contributed by atoms with van der Waals surface area (Å²) in [5.41, 5.74) is 2.13. The molecule has 1 aliphatic rings. The molecule has 0 aromatic carbocycles. The Kier molecular flexibility index (Phi) is 4.02. The summed E-state index contributed by atoms with van der Waals surface area (Å²) in [7, 11) is 0. The first-order chi connectivity index (χ1) is 9.38. The van der Waals surface area contributed by atoms with Crippen LogP contribution in [0.2, 0.25) is 0 Å². The van der Waals surface area contributed by atoms with Crippen LogP contribution in [-0.4, -0.2) is 14.5 Å². The third kappa shape index (κ3) is 2.76. The maximum atomic E-state index is 6.02. The van der Waals surface area contributed by atoms with E-state index in [1.54, 1.807) is 0 Å². The molecule has 2 aromatic rings. The zero-order valence-electron chi connectivity index (χ0n) is 11.2. The number of fused-ring (bicyclic) bond motifs is 1. The average Bonchev–Trinajstić information content (AvgIpc) is 2.84. The van der Waals surface area contributed by atoms with E-state index in [0.717, 1.165) is 23.8 Å². The van der Waals surface area contributed by atoms with Gasteiger partial charge in [0.1, 0.15) is 11.3 Å². The third-order valence-corrected chi connectivity index (χ3v) is 4.47. The Balaban J connectivity index is 1.78. The van der Waals surface area contributed by atoms with E-state index in [9.17, 15) is 0 Å². The van der Waals surface area contributed by atoms with Crippen LogP contribution in [0.1, 0.15) is 44.3 Å². The van der Waals surface area contributed by atoms with E-state index in [-0.39, 0.29) is 0 Å². The van der Waals surface area contributed by atoms with E-state index in [0.29, 0.717) is 5.88 Å². The van der Waals surface area contributed by atoms with Crippen molar-refractivity contribution < 1.29 is 0 Å². The molecule has 102 valence electrons. The molecule has 4 heteroatoms. The zero-order chi connectivity index (χ0) is 13.1. The van der Waals surface area contributed by atoms with Crippen LogP contribution >= 0.6 is 11.6 Å². The molecule has 1 fully saturated rings. The van der Waals surface area contributed by atoms with Gasteiger partial charge >= 0.3 is 0 Å². The first-order valence-corrected chi connectivity index (χ1v) is 7.77. The SMILES string of the molecule is ClCc1nc2cnccc2n1CCC1CCCCC1. The zero-order valence-corrected chi connectivity index (χ0v) is 11.9. The fourth-order valence-corrected chi connectivity index (χ4v) is 3.37. The molecule has 0 unspecified atom stereocenters. The monoisotopic (exact) mass is 277 g/mol. The first kappa shape index (κ1) is 12.9. The molecule has 0 atom stereocenters. The van der Waals surface area contributed by atoms with Crippen molar-refractivity contribution in [3.63, 3.8) is 0 Å². The number of hydrogen-bond donors (Lipinski definition) is 0. The van der Waals surface area contributed by atoms with Crippen LogP contribution in [0.25, 0.3) is 11.0 Å². The molecule has 0 amide bonds. The topological polar surface area (TPSA) is 30.7 Å². The van der Waals surface area contributed by atoms with E-state index in [1.807, 2.05) is 18.5 Å². The summed E-state index contributed by atoms with van der Waals surface area (Å²) in [5, 5.41) is 0. The Bertz CT molecular complexity index is 543. The van der Waals surface area contributed by atoms with Crippen LogP contribution in [-0.2, 0) is 12.4 Å². The Morgan fingerprint density at radius 3 is 2.89 bits per heavy atom. The number of imidazole rings is 1. The van der Waals surface area contributed by atoms with Gasteiger partial charge in [-0.2, -0.15) is 0 Å². The molecule has 0 radical (unpaired) electrons. The lowest BCUT2D eigenvalue weighted by atomic mass is 9.87. The first-order valence-electron chi connectivity index (χ1n) is 7.23. The summed E-state index contributed by atoms with van der Waals surface area (Å²) < 4.78 is 2.28. The number of aryl methyl sites for hydroxylation is 1. The Morgan fingerprint density at radius 1 is 1.26 bits per heavy atom. The summed E-state index contributed by atoms with van der Waals surface area (Å²) in [4.78, 5) is 8.70. The van der Waals surface area contributed by atoms with E-state index in [4.69, 9.17) is 11.6 Å². The second kappa shape index (κ2) is 5.91. The fourth-order valence-electron chi connectivity index (χ4n) is 3.17. The number of halogens is 1. The van der Waals surface area contributed by atoms with Crippen molar-refractivity contribution in [3.05, 3.63) is 24.3 Å². The van der Waals surface area contributed by atoms with Crippen LogP contribution in [0, 0.1) is 5.92 Å². The lowest BCUT2D eigenvalue weighted by Crippen LogP contribution is -2.11. The molecule has 0 spiro atoms. The second-order valence-corrected chi connectivity index (χ2v) is 5.74. The van der Waals surface area contributed by atoms with Gasteiger partial charge in [0.25, 0.3) is 0 Å². The van der Waals surface area contributed by atoms with Gasteiger partial charge in [-0.15, -0.1) is 11.6 Å². The van der Waals surface area contributed by atoms with Crippen LogP contribution in [0.5, 0.6) is 0 Å². The highest BCUT2D eigenvalue weighted by atomic mass is 35.5. The van der Waals surface area contributed by atoms with Crippen molar-refractivity contribution in [3.8, 4) is 0 Å². The quantitative estimate of drug-likeness (QED) is 0.787. The molecular formula is C15H20ClN3. The maximum absolute atomic E-state index is 6.02. The van der Waals surface area contributed by atoms with Crippen molar-refractivity contribution in [1.29, 1.82) is 0 Å². The highest BCUT2D eigenvalue weighted by Gasteiger charge is 2.15. The van der Waals surface area contributed by atoms with Crippen molar-refractivity contribution in [1.82, 2.24) is 14.5 Å². The predicted molar refractivity (Wildman–Crippen MR) is 78.3 cm³/mol. The molecule has 2 heterocycles. The van der Waals surface area contributed by atoms with Crippen LogP contribution in [0.4, 0.5) is 0 Å². The molecular weight excluding hydrogens is 258 g/mol. The molecule has 3 rings (SSSR count). The molecule has 1 aliphatic carbocycles. The fraction of sp³-hybridized carbons (Fsp3) is 0.600. The number of pyridine rings is 1. The van der Waals surface area contributed by atoms with Crippen molar-refractivity contribution in [2.75, 3.05) is 0 Å². The van der Waals surface area contributed by atoms with Gasteiger partial charge in [0, 0.05) is 12.7 Å². The normalized spacial score (nSPS) is 17.1. The van der Waals surface area contributed by atoms with Crippen LogP contribution < -0.4 is 0 Å². The number of nitrogens with zero attached hydrogens (tertiary/aromatic N) is 3. The largest absolute Gasteiger partial charge is 0.327 e. The minimum atomic E-state index is 0.472. The minimum absolute atomic E-state index is 0.472. The number of hydrogen-bond acceptors (Lipinski definition) is 2. The predicted octanol–water partition coefficient (Wildman–Crippen LogP) is 4.14. The summed E-state index contributed by atoms with van der Waals surface area (Å²) in [5.74, 6) is 2.33. The smallest absolute Gasteiger partial charge is 0.124 e. The van der Waals surface area contributed by atoms with Gasteiger partial charge in [-0.3, -0.25) is 4.98 Å². The summed E-state index contributed by atoms with van der Waals surface area (Å²) >= 11 is 6.02. The van der Waals surface area contributed by atoms with E-state index in [1.165, 1.54) is 44.0 Å². The lowest BCUT2D eigenvalue weighted by Gasteiger charge is -2.22. The Labute approximate surface area is 119 Å². The van der Waals surface area contributed by atoms with E-state index in [2.05, 4.69) is 14.5 Å². The molecule has 0 saturated heterocycles. The van der Waals surface area contributed by atoms with Gasteiger partial charge in [-0.05, 0) is 18.4 Å². The molecule has 1 saturated carbocycles. The standard InChI is InChI=1S/C15H20ClN3/c16-10-15-18-13-11-17-8-6-14(13)19(15)9-7-12-4-2-1-3-5-12/h6,8,11-12H,1-5,7,9-10H2. The number of alkyl halides is 1. The van der Waals surface area contributed by atoms with E-state index < -0.39 is 0 Å². The van der Waals surface area contributed by atoms with Crippen molar-refractivity contribution in [2.45, 2.75) is 50.9 Å². The maximum Gasteiger partial charge on any atom is 0.124 e. The molecule has 0 aliphatic heterocycles. The highest BCUT2D eigenvalue weighted by molar-refractivity contribution is 6.16. The Hall–Kier alpha value is -1.09. The van der Waals surface area contributed by atoms with Gasteiger partial charge in [0.2, 0.25) is 0 Å². The average molecular weight is 278 g/mol. The summed E-state index contributed by atoms with van der Waals surface area (Å²) in [6, 6.07) is 2.04. The molecule has 2 aromatic heterocycles. The van der Waals surface area contributed by atoms with Gasteiger partial charge in [0.05, 0.1) is 17.6 Å². The highest BCUT2D eigenvalue weighted by Crippen LogP contribution is 2.27. The van der Waals surface area contributed by atoms with Crippen LogP contribution in [0.15, 0.2) is 18.5 Å². The lowest BCUT2D eigenvalue weighted by molar-refractivity contribution is 0.324. The third-order valence-electron chi connectivity index (χ3n) is 4.23. The second-order valence-electron chi connectivity index (χ2n) is 5.47. The molecule has 0 bridgehead atoms.